The standard InChI is InChI=1S/C23H30N6O/c1-27(2)23(30)18-8-10-20(11-9-18)28-16-12-19(13-17-28)24-14-5-15-29-22-7-4-3-6-21(22)25-26-29/h3-4,6-11,19,24H,5,12-17H2,1-2H3. The van der Waals surface area contributed by atoms with Gasteiger partial charge in [-0.05, 0) is 62.2 Å². The van der Waals surface area contributed by atoms with Crippen molar-refractivity contribution in [2.24, 2.45) is 0 Å². The maximum atomic E-state index is 12.0. The van der Waals surface area contributed by atoms with E-state index in [1.165, 1.54) is 5.69 Å². The molecule has 0 bridgehead atoms. The Balaban J connectivity index is 1.20. The average molecular weight is 407 g/mol. The lowest BCUT2D eigenvalue weighted by atomic mass is 10.0. The van der Waals surface area contributed by atoms with Gasteiger partial charge in [0.05, 0.1) is 5.52 Å². The second-order valence-corrected chi connectivity index (χ2v) is 8.12. The maximum Gasteiger partial charge on any atom is 0.253 e. The van der Waals surface area contributed by atoms with Crippen molar-refractivity contribution in [2.75, 3.05) is 38.6 Å². The van der Waals surface area contributed by atoms with Gasteiger partial charge in [-0.25, -0.2) is 4.68 Å². The van der Waals surface area contributed by atoms with E-state index in [1.807, 2.05) is 35.0 Å². The van der Waals surface area contributed by atoms with Crippen LogP contribution in [0.3, 0.4) is 0 Å². The molecule has 2 aromatic carbocycles. The Kier molecular flexibility index (Phi) is 6.28. The molecule has 0 saturated carbocycles. The van der Waals surface area contributed by atoms with Gasteiger partial charge in [-0.2, -0.15) is 0 Å². The van der Waals surface area contributed by atoms with Crippen molar-refractivity contribution < 1.29 is 4.79 Å². The van der Waals surface area contributed by atoms with E-state index in [0.717, 1.165) is 62.0 Å². The smallest absolute Gasteiger partial charge is 0.253 e. The second-order valence-electron chi connectivity index (χ2n) is 8.12. The van der Waals surface area contributed by atoms with Crippen molar-refractivity contribution in [1.29, 1.82) is 0 Å². The molecule has 1 aliphatic rings. The average Bonchev–Trinajstić information content (AvgIpc) is 3.20. The summed E-state index contributed by atoms with van der Waals surface area (Å²) in [4.78, 5) is 16.1. The summed E-state index contributed by atoms with van der Waals surface area (Å²) in [6.07, 6.45) is 3.30. The summed E-state index contributed by atoms with van der Waals surface area (Å²) >= 11 is 0. The summed E-state index contributed by atoms with van der Waals surface area (Å²) < 4.78 is 1.99. The molecule has 1 N–H and O–H groups in total. The lowest BCUT2D eigenvalue weighted by Gasteiger charge is -2.34. The highest BCUT2D eigenvalue weighted by Crippen LogP contribution is 2.21. The highest BCUT2D eigenvalue weighted by molar-refractivity contribution is 5.94. The molecule has 1 aromatic heterocycles. The van der Waals surface area contributed by atoms with E-state index in [1.54, 1.807) is 19.0 Å². The predicted octanol–water partition coefficient (Wildman–Crippen LogP) is 2.78. The number of nitrogens with one attached hydrogen (secondary N) is 1. The molecule has 4 rings (SSSR count). The van der Waals surface area contributed by atoms with Gasteiger partial charge in [0.2, 0.25) is 0 Å². The van der Waals surface area contributed by atoms with Gasteiger partial charge in [0.1, 0.15) is 5.52 Å². The van der Waals surface area contributed by atoms with Crippen LogP contribution in [0.2, 0.25) is 0 Å². The molecular formula is C23H30N6O. The topological polar surface area (TPSA) is 66.3 Å². The number of rotatable bonds is 7. The van der Waals surface area contributed by atoms with Gasteiger partial charge in [-0.1, -0.05) is 17.3 Å². The van der Waals surface area contributed by atoms with Crippen LogP contribution in [0, 0.1) is 0 Å². The lowest BCUT2D eigenvalue weighted by Crippen LogP contribution is -2.43. The second kappa shape index (κ2) is 9.26. The van der Waals surface area contributed by atoms with Crippen LogP contribution >= 0.6 is 0 Å². The van der Waals surface area contributed by atoms with Crippen LogP contribution in [0.25, 0.3) is 11.0 Å². The Bertz CT molecular complexity index is 973. The van der Waals surface area contributed by atoms with Crippen molar-refractivity contribution in [3.05, 3.63) is 54.1 Å². The maximum absolute atomic E-state index is 12.0. The molecule has 3 aromatic rings. The van der Waals surface area contributed by atoms with Crippen LogP contribution in [0.15, 0.2) is 48.5 Å². The number of benzene rings is 2. The first kappa shape index (κ1) is 20.3. The van der Waals surface area contributed by atoms with E-state index in [9.17, 15) is 4.79 Å². The van der Waals surface area contributed by atoms with Gasteiger partial charge in [-0.15, -0.1) is 5.10 Å². The molecule has 1 amide bonds. The Hall–Kier alpha value is -2.93. The Morgan fingerprint density at radius 3 is 2.57 bits per heavy atom. The number of fused-ring (bicyclic) bond motifs is 1. The number of carbonyl (C=O) groups is 1. The van der Waals surface area contributed by atoms with Crippen LogP contribution in [0.5, 0.6) is 0 Å². The van der Waals surface area contributed by atoms with Gasteiger partial charge >= 0.3 is 0 Å². The van der Waals surface area contributed by atoms with Crippen LogP contribution < -0.4 is 10.2 Å². The molecule has 1 saturated heterocycles. The van der Waals surface area contributed by atoms with Crippen LogP contribution in [-0.2, 0) is 6.54 Å². The fourth-order valence-electron chi connectivity index (χ4n) is 4.03. The Morgan fingerprint density at radius 1 is 1.10 bits per heavy atom. The quantitative estimate of drug-likeness (QED) is 0.611. The molecule has 0 aliphatic carbocycles. The fraction of sp³-hybridized carbons (Fsp3) is 0.435. The minimum absolute atomic E-state index is 0.0448. The largest absolute Gasteiger partial charge is 0.371 e. The minimum Gasteiger partial charge on any atom is -0.371 e. The number of carbonyl (C=O) groups excluding carboxylic acids is 1. The van der Waals surface area contributed by atoms with E-state index in [-0.39, 0.29) is 5.91 Å². The highest BCUT2D eigenvalue weighted by atomic mass is 16.2. The molecule has 0 unspecified atom stereocenters. The molecular weight excluding hydrogens is 376 g/mol. The number of nitrogens with zero attached hydrogens (tertiary/aromatic N) is 5. The number of anilines is 1. The van der Waals surface area contributed by atoms with Crippen molar-refractivity contribution in [3.63, 3.8) is 0 Å². The first-order chi connectivity index (χ1) is 14.6. The highest BCUT2D eigenvalue weighted by Gasteiger charge is 2.19. The van der Waals surface area contributed by atoms with E-state index in [2.05, 4.69) is 38.7 Å². The van der Waals surface area contributed by atoms with Crippen molar-refractivity contribution >= 4 is 22.6 Å². The van der Waals surface area contributed by atoms with E-state index in [4.69, 9.17) is 0 Å². The number of para-hydroxylation sites is 1. The number of aryl methyl sites for hydroxylation is 1. The summed E-state index contributed by atoms with van der Waals surface area (Å²) in [7, 11) is 3.56. The lowest BCUT2D eigenvalue weighted by molar-refractivity contribution is 0.0827. The number of hydrogen-bond donors (Lipinski definition) is 1. The first-order valence-corrected chi connectivity index (χ1v) is 10.7. The van der Waals surface area contributed by atoms with Gasteiger partial charge in [0, 0.05) is 51.0 Å². The van der Waals surface area contributed by atoms with Gasteiger partial charge in [0.25, 0.3) is 5.91 Å². The molecule has 0 radical (unpaired) electrons. The SMILES string of the molecule is CN(C)C(=O)c1ccc(N2CCC(NCCCn3nnc4ccccc43)CC2)cc1. The van der Waals surface area contributed by atoms with Crippen LogP contribution in [0.4, 0.5) is 5.69 Å². The molecule has 158 valence electrons. The number of hydrogen-bond acceptors (Lipinski definition) is 5. The number of amides is 1. The minimum atomic E-state index is 0.0448. The fourth-order valence-corrected chi connectivity index (χ4v) is 4.03. The number of piperidine rings is 1. The summed E-state index contributed by atoms with van der Waals surface area (Å²) in [5.41, 5.74) is 3.99. The third-order valence-corrected chi connectivity index (χ3v) is 5.78. The normalized spacial score (nSPS) is 14.9. The summed E-state index contributed by atoms with van der Waals surface area (Å²) in [6, 6.07) is 16.6. The third kappa shape index (κ3) is 4.62. The van der Waals surface area contributed by atoms with Crippen molar-refractivity contribution in [2.45, 2.75) is 31.8 Å². The first-order valence-electron chi connectivity index (χ1n) is 10.7. The Labute approximate surface area is 177 Å². The van der Waals surface area contributed by atoms with E-state index >= 15 is 0 Å². The molecule has 1 aliphatic heterocycles. The van der Waals surface area contributed by atoms with Crippen molar-refractivity contribution in [3.8, 4) is 0 Å². The summed E-state index contributed by atoms with van der Waals surface area (Å²) in [5, 5.41) is 12.2. The van der Waals surface area contributed by atoms with Crippen LogP contribution in [0.1, 0.15) is 29.6 Å². The van der Waals surface area contributed by atoms with E-state index < -0.39 is 0 Å². The van der Waals surface area contributed by atoms with Gasteiger partial charge in [-0.3, -0.25) is 4.79 Å². The molecule has 30 heavy (non-hydrogen) atoms. The van der Waals surface area contributed by atoms with Crippen molar-refractivity contribution in [1.82, 2.24) is 25.2 Å². The van der Waals surface area contributed by atoms with Gasteiger partial charge < -0.3 is 15.1 Å². The summed E-state index contributed by atoms with van der Waals surface area (Å²) in [5.74, 6) is 0.0448. The third-order valence-electron chi connectivity index (χ3n) is 5.78. The molecule has 1 fully saturated rings. The zero-order valence-corrected chi connectivity index (χ0v) is 17.8. The molecule has 2 heterocycles. The molecule has 7 nitrogen and oxygen atoms in total. The Morgan fingerprint density at radius 2 is 1.83 bits per heavy atom. The van der Waals surface area contributed by atoms with Crippen LogP contribution in [-0.4, -0.2) is 65.6 Å². The predicted molar refractivity (Wildman–Crippen MR) is 120 cm³/mol. The van der Waals surface area contributed by atoms with E-state index in [0.29, 0.717) is 6.04 Å². The molecule has 0 atom stereocenters. The zero-order valence-electron chi connectivity index (χ0n) is 17.8. The molecule has 7 heteroatoms. The number of aromatic nitrogens is 3. The monoisotopic (exact) mass is 406 g/mol. The molecule has 0 spiro atoms. The van der Waals surface area contributed by atoms with Gasteiger partial charge in [0.15, 0.2) is 0 Å². The zero-order chi connectivity index (χ0) is 20.9. The summed E-state index contributed by atoms with van der Waals surface area (Å²) in [6.45, 7) is 3.93.